The molecular formula is C19H29N3O4. The molecule has 2 rings (SSSR count). The van der Waals surface area contributed by atoms with Crippen molar-refractivity contribution in [3.05, 3.63) is 23.3 Å². The molecule has 1 atom stereocenters. The predicted molar refractivity (Wildman–Crippen MR) is 101 cm³/mol. The van der Waals surface area contributed by atoms with E-state index in [9.17, 15) is 4.79 Å². The van der Waals surface area contributed by atoms with Gasteiger partial charge in [-0.25, -0.2) is 0 Å². The third kappa shape index (κ3) is 4.59. The smallest absolute Gasteiger partial charge is 0.310 e. The molecule has 0 saturated heterocycles. The number of carbonyl (C=O) groups is 1. The molecule has 0 saturated carbocycles. The van der Waals surface area contributed by atoms with Crippen molar-refractivity contribution in [1.82, 2.24) is 10.2 Å². The summed E-state index contributed by atoms with van der Waals surface area (Å²) < 4.78 is 15.6. The van der Waals surface area contributed by atoms with Gasteiger partial charge in [-0.15, -0.1) is 0 Å². The van der Waals surface area contributed by atoms with Crippen LogP contribution in [0.1, 0.15) is 25.0 Å². The average molecular weight is 363 g/mol. The zero-order valence-corrected chi connectivity index (χ0v) is 16.3. The zero-order chi connectivity index (χ0) is 19.1. The standard InChI is InChI=1S/C19H29N3O4/c1-6-20-19(21-11-13(2)18(23)26-5)22-8-7-14-9-16(24-3)17(25-4)10-15(14)12-22/h9-10,13H,6-8,11-12H2,1-5H3,(H,20,21). The van der Waals surface area contributed by atoms with E-state index in [0.29, 0.717) is 6.54 Å². The van der Waals surface area contributed by atoms with Gasteiger partial charge in [-0.3, -0.25) is 9.79 Å². The second-order valence-electron chi connectivity index (χ2n) is 6.27. The zero-order valence-electron chi connectivity index (χ0n) is 16.3. The summed E-state index contributed by atoms with van der Waals surface area (Å²) in [4.78, 5) is 18.4. The van der Waals surface area contributed by atoms with Crippen LogP contribution >= 0.6 is 0 Å². The molecular weight excluding hydrogens is 334 g/mol. The van der Waals surface area contributed by atoms with E-state index in [4.69, 9.17) is 14.2 Å². The summed E-state index contributed by atoms with van der Waals surface area (Å²) in [6.07, 6.45) is 0.895. The van der Waals surface area contributed by atoms with Gasteiger partial charge in [0.05, 0.1) is 33.8 Å². The fourth-order valence-electron chi connectivity index (χ4n) is 2.99. The molecule has 1 aliphatic rings. The molecule has 1 unspecified atom stereocenters. The molecule has 1 aromatic carbocycles. The van der Waals surface area contributed by atoms with E-state index in [0.717, 1.165) is 43.5 Å². The van der Waals surface area contributed by atoms with Crippen molar-refractivity contribution in [3.63, 3.8) is 0 Å². The van der Waals surface area contributed by atoms with Crippen molar-refractivity contribution in [2.75, 3.05) is 41.0 Å². The van der Waals surface area contributed by atoms with Crippen molar-refractivity contribution >= 4 is 11.9 Å². The third-order valence-electron chi connectivity index (χ3n) is 4.47. The second kappa shape index (κ2) is 9.31. The van der Waals surface area contributed by atoms with Gasteiger partial charge in [0.15, 0.2) is 17.5 Å². The topological polar surface area (TPSA) is 72.4 Å². The first kappa shape index (κ1) is 19.9. The molecule has 0 spiro atoms. The molecule has 1 aliphatic heterocycles. The predicted octanol–water partition coefficient (Wildman–Crippen LogP) is 1.84. The highest BCUT2D eigenvalue weighted by molar-refractivity contribution is 5.81. The lowest BCUT2D eigenvalue weighted by molar-refractivity contribution is -0.144. The number of hydrogen-bond donors (Lipinski definition) is 1. The van der Waals surface area contributed by atoms with Crippen LogP contribution in [0.15, 0.2) is 17.1 Å². The monoisotopic (exact) mass is 363 g/mol. The number of carbonyl (C=O) groups excluding carboxylic acids is 1. The van der Waals surface area contributed by atoms with E-state index in [2.05, 4.69) is 21.3 Å². The molecule has 0 amide bonds. The van der Waals surface area contributed by atoms with Crippen molar-refractivity contribution in [2.24, 2.45) is 10.9 Å². The summed E-state index contributed by atoms with van der Waals surface area (Å²) >= 11 is 0. The van der Waals surface area contributed by atoms with Crippen molar-refractivity contribution in [3.8, 4) is 11.5 Å². The number of aliphatic imine (C=N–C) groups is 1. The molecule has 1 N–H and O–H groups in total. The first-order chi connectivity index (χ1) is 12.5. The number of rotatable bonds is 6. The largest absolute Gasteiger partial charge is 0.493 e. The van der Waals surface area contributed by atoms with E-state index in [-0.39, 0.29) is 11.9 Å². The maximum absolute atomic E-state index is 11.6. The lowest BCUT2D eigenvalue weighted by Gasteiger charge is -2.32. The van der Waals surface area contributed by atoms with Gasteiger partial charge in [-0.1, -0.05) is 6.92 Å². The Morgan fingerprint density at radius 1 is 1.23 bits per heavy atom. The summed E-state index contributed by atoms with van der Waals surface area (Å²) in [6, 6.07) is 4.08. The van der Waals surface area contributed by atoms with E-state index < -0.39 is 0 Å². The molecule has 1 heterocycles. The third-order valence-corrected chi connectivity index (χ3v) is 4.47. The van der Waals surface area contributed by atoms with Gasteiger partial charge in [0.1, 0.15) is 0 Å². The van der Waals surface area contributed by atoms with Gasteiger partial charge < -0.3 is 24.4 Å². The average Bonchev–Trinajstić information content (AvgIpc) is 2.68. The van der Waals surface area contributed by atoms with Crippen LogP contribution in [-0.4, -0.2) is 57.8 Å². The summed E-state index contributed by atoms with van der Waals surface area (Å²) in [6.45, 7) is 6.59. The van der Waals surface area contributed by atoms with Crippen molar-refractivity contribution in [1.29, 1.82) is 0 Å². The molecule has 26 heavy (non-hydrogen) atoms. The fraction of sp³-hybridized carbons (Fsp3) is 0.579. The Kier molecular flexibility index (Phi) is 7.12. The minimum absolute atomic E-state index is 0.245. The Balaban J connectivity index is 2.18. The van der Waals surface area contributed by atoms with Gasteiger partial charge >= 0.3 is 5.97 Å². The number of hydrogen-bond acceptors (Lipinski definition) is 5. The molecule has 0 aromatic heterocycles. The number of nitrogens with zero attached hydrogens (tertiary/aromatic N) is 2. The van der Waals surface area contributed by atoms with Crippen LogP contribution in [0.4, 0.5) is 0 Å². The summed E-state index contributed by atoms with van der Waals surface area (Å²) in [5, 5.41) is 3.31. The van der Waals surface area contributed by atoms with Crippen LogP contribution in [0, 0.1) is 5.92 Å². The normalized spacial score (nSPS) is 15.1. The lowest BCUT2D eigenvalue weighted by Crippen LogP contribution is -2.44. The van der Waals surface area contributed by atoms with Crippen LogP contribution in [-0.2, 0) is 22.5 Å². The highest BCUT2D eigenvalue weighted by Crippen LogP contribution is 2.33. The van der Waals surface area contributed by atoms with E-state index in [1.807, 2.05) is 19.9 Å². The minimum Gasteiger partial charge on any atom is -0.493 e. The van der Waals surface area contributed by atoms with E-state index in [1.54, 1.807) is 14.2 Å². The molecule has 0 aliphatic carbocycles. The first-order valence-corrected chi connectivity index (χ1v) is 8.88. The van der Waals surface area contributed by atoms with Crippen LogP contribution < -0.4 is 14.8 Å². The summed E-state index contributed by atoms with van der Waals surface area (Å²) in [7, 11) is 4.69. The van der Waals surface area contributed by atoms with Crippen LogP contribution in [0.25, 0.3) is 0 Å². The number of fused-ring (bicyclic) bond motifs is 1. The molecule has 7 heteroatoms. The molecule has 0 fully saturated rings. The molecule has 1 aromatic rings. The minimum atomic E-state index is -0.268. The number of guanidine groups is 1. The molecule has 0 radical (unpaired) electrons. The Labute approximate surface area is 155 Å². The van der Waals surface area contributed by atoms with Gasteiger partial charge in [0.25, 0.3) is 0 Å². The Morgan fingerprint density at radius 3 is 2.46 bits per heavy atom. The number of esters is 1. The van der Waals surface area contributed by atoms with Crippen LogP contribution in [0.2, 0.25) is 0 Å². The maximum atomic E-state index is 11.6. The molecule has 0 bridgehead atoms. The summed E-state index contributed by atoms with van der Waals surface area (Å²) in [5.41, 5.74) is 2.46. The van der Waals surface area contributed by atoms with Gasteiger partial charge in [-0.05, 0) is 36.6 Å². The highest BCUT2D eigenvalue weighted by Gasteiger charge is 2.22. The molecule has 144 valence electrons. The van der Waals surface area contributed by atoms with E-state index >= 15 is 0 Å². The van der Waals surface area contributed by atoms with Gasteiger partial charge in [0, 0.05) is 19.6 Å². The van der Waals surface area contributed by atoms with Crippen LogP contribution in [0.3, 0.4) is 0 Å². The van der Waals surface area contributed by atoms with Gasteiger partial charge in [0.2, 0.25) is 0 Å². The molecule has 7 nitrogen and oxygen atoms in total. The van der Waals surface area contributed by atoms with Crippen molar-refractivity contribution < 1.29 is 19.0 Å². The SMILES string of the molecule is CCNC(=NCC(C)C(=O)OC)N1CCc2cc(OC)c(OC)cc2C1. The lowest BCUT2D eigenvalue weighted by atomic mass is 9.99. The Morgan fingerprint density at radius 2 is 1.88 bits per heavy atom. The first-order valence-electron chi connectivity index (χ1n) is 8.88. The number of methoxy groups -OCH3 is 3. The Bertz CT molecular complexity index is 660. The van der Waals surface area contributed by atoms with E-state index in [1.165, 1.54) is 18.2 Å². The maximum Gasteiger partial charge on any atom is 0.310 e. The van der Waals surface area contributed by atoms with Crippen molar-refractivity contribution in [2.45, 2.75) is 26.8 Å². The Hall–Kier alpha value is -2.44. The summed E-state index contributed by atoms with van der Waals surface area (Å²) in [5.74, 6) is 1.78. The quantitative estimate of drug-likeness (QED) is 0.472. The number of benzene rings is 1. The number of nitrogens with one attached hydrogen (secondary N) is 1. The van der Waals surface area contributed by atoms with Crippen LogP contribution in [0.5, 0.6) is 11.5 Å². The fourth-order valence-corrected chi connectivity index (χ4v) is 2.99. The number of ether oxygens (including phenoxy) is 3. The second-order valence-corrected chi connectivity index (χ2v) is 6.27. The highest BCUT2D eigenvalue weighted by atomic mass is 16.5. The van der Waals surface area contributed by atoms with Gasteiger partial charge in [-0.2, -0.15) is 0 Å².